The number of hydrogen-bond acceptors (Lipinski definition) is 3. The Morgan fingerprint density at radius 1 is 1.48 bits per heavy atom. The number of nitrogens with zero attached hydrogens (tertiary/aromatic N) is 1. The molecule has 2 N–H and O–H groups in total. The zero-order chi connectivity index (χ0) is 15.4. The molecule has 0 radical (unpaired) electrons. The fraction of sp³-hybridized carbons (Fsp3) is 0.533. The van der Waals surface area contributed by atoms with Crippen molar-refractivity contribution >= 4 is 29.1 Å². The summed E-state index contributed by atoms with van der Waals surface area (Å²) in [7, 11) is 0. The number of carbonyl (C=O) groups excluding carboxylic acids is 1. The summed E-state index contributed by atoms with van der Waals surface area (Å²) in [4.78, 5) is 14.2. The van der Waals surface area contributed by atoms with Crippen LogP contribution in [0, 0.1) is 0 Å². The van der Waals surface area contributed by atoms with Gasteiger partial charge in [0.2, 0.25) is 0 Å². The molecule has 21 heavy (non-hydrogen) atoms. The molecule has 1 aromatic rings. The Morgan fingerprint density at radius 3 is 2.95 bits per heavy atom. The first-order valence-corrected chi connectivity index (χ1v) is 7.87. The van der Waals surface area contributed by atoms with Crippen LogP contribution < -0.4 is 10.5 Å². The van der Waals surface area contributed by atoms with Crippen molar-refractivity contribution in [3.63, 3.8) is 0 Å². The van der Waals surface area contributed by atoms with Crippen LogP contribution in [0.15, 0.2) is 18.2 Å². The highest BCUT2D eigenvalue weighted by atomic mass is 35.5. The van der Waals surface area contributed by atoms with E-state index in [2.05, 4.69) is 0 Å². The normalized spacial score (nSPS) is 20.2. The van der Waals surface area contributed by atoms with E-state index in [1.807, 2.05) is 11.8 Å². The maximum absolute atomic E-state index is 12.4. The van der Waals surface area contributed by atoms with E-state index in [1.165, 1.54) is 0 Å². The van der Waals surface area contributed by atoms with Crippen LogP contribution in [0.4, 0.5) is 0 Å². The fourth-order valence-corrected chi connectivity index (χ4v) is 2.96. The molecule has 2 atom stereocenters. The maximum atomic E-state index is 12.4. The van der Waals surface area contributed by atoms with E-state index in [0.29, 0.717) is 15.8 Å². The third kappa shape index (κ3) is 4.25. The van der Waals surface area contributed by atoms with Crippen molar-refractivity contribution in [3.05, 3.63) is 28.2 Å². The van der Waals surface area contributed by atoms with Crippen molar-refractivity contribution in [3.8, 4) is 5.75 Å². The molecule has 1 heterocycles. The topological polar surface area (TPSA) is 55.6 Å². The first-order chi connectivity index (χ1) is 9.99. The number of hydrogen-bond donors (Lipinski definition) is 1. The highest BCUT2D eigenvalue weighted by Gasteiger charge is 2.29. The summed E-state index contributed by atoms with van der Waals surface area (Å²) in [5.74, 6) is 0.361. The number of benzene rings is 1. The van der Waals surface area contributed by atoms with Crippen molar-refractivity contribution in [2.45, 2.75) is 38.3 Å². The number of nitrogens with two attached hydrogens (primary N) is 1. The van der Waals surface area contributed by atoms with Gasteiger partial charge in [0.05, 0.1) is 5.02 Å². The monoisotopic (exact) mass is 330 g/mol. The molecule has 1 aliphatic rings. The highest BCUT2D eigenvalue weighted by Crippen LogP contribution is 2.28. The Morgan fingerprint density at radius 2 is 2.24 bits per heavy atom. The molecule has 1 fully saturated rings. The molecule has 1 aliphatic heterocycles. The van der Waals surface area contributed by atoms with Gasteiger partial charge in [-0.25, -0.2) is 0 Å². The standard InChI is InChI=1S/C15H20Cl2N2O2/c1-10(18)13-4-2-3-7-19(13)15(20)9-21-14-8-11(16)5-6-12(14)17/h5-6,8,10,13H,2-4,7,9,18H2,1H3. The van der Waals surface area contributed by atoms with E-state index in [0.717, 1.165) is 25.8 Å². The number of rotatable bonds is 4. The van der Waals surface area contributed by atoms with Crippen LogP contribution >= 0.6 is 23.2 Å². The first-order valence-electron chi connectivity index (χ1n) is 7.12. The van der Waals surface area contributed by atoms with E-state index in [1.54, 1.807) is 18.2 Å². The van der Waals surface area contributed by atoms with Crippen LogP contribution in [0.5, 0.6) is 5.75 Å². The molecule has 0 saturated carbocycles. The van der Waals surface area contributed by atoms with E-state index < -0.39 is 0 Å². The second kappa shape index (κ2) is 7.34. The van der Waals surface area contributed by atoms with Crippen molar-refractivity contribution in [2.24, 2.45) is 5.73 Å². The van der Waals surface area contributed by atoms with Crippen LogP contribution in [-0.2, 0) is 4.79 Å². The van der Waals surface area contributed by atoms with Crippen LogP contribution in [0.3, 0.4) is 0 Å². The number of piperidine rings is 1. The number of likely N-dealkylation sites (tertiary alicyclic amines) is 1. The van der Waals surface area contributed by atoms with Gasteiger partial charge in [-0.3, -0.25) is 4.79 Å². The van der Waals surface area contributed by atoms with Crippen LogP contribution in [-0.4, -0.2) is 36.0 Å². The maximum Gasteiger partial charge on any atom is 0.260 e. The Kier molecular flexibility index (Phi) is 5.73. The quantitative estimate of drug-likeness (QED) is 0.922. The Balaban J connectivity index is 1.98. The summed E-state index contributed by atoms with van der Waals surface area (Å²) in [6.07, 6.45) is 3.06. The Hall–Kier alpha value is -0.970. The molecule has 1 amide bonds. The van der Waals surface area contributed by atoms with Crippen LogP contribution in [0.2, 0.25) is 10.0 Å². The highest BCUT2D eigenvalue weighted by molar-refractivity contribution is 6.34. The van der Waals surface area contributed by atoms with Crippen molar-refractivity contribution in [1.82, 2.24) is 4.90 Å². The zero-order valence-electron chi connectivity index (χ0n) is 12.0. The van der Waals surface area contributed by atoms with Gasteiger partial charge in [0.1, 0.15) is 5.75 Å². The lowest BCUT2D eigenvalue weighted by molar-refractivity contribution is -0.137. The lowest BCUT2D eigenvalue weighted by atomic mass is 9.97. The first kappa shape index (κ1) is 16.4. The number of amides is 1. The van der Waals surface area contributed by atoms with Gasteiger partial charge in [0.15, 0.2) is 6.61 Å². The lowest BCUT2D eigenvalue weighted by Gasteiger charge is -2.38. The molecule has 0 aliphatic carbocycles. The van der Waals surface area contributed by atoms with Gasteiger partial charge in [-0.15, -0.1) is 0 Å². The predicted molar refractivity (Wildman–Crippen MR) is 85.0 cm³/mol. The average molecular weight is 331 g/mol. The molecule has 0 aromatic heterocycles. The second-order valence-corrected chi connectivity index (χ2v) is 6.22. The van der Waals surface area contributed by atoms with Gasteiger partial charge < -0.3 is 15.4 Å². The number of ether oxygens (including phenoxy) is 1. The molecule has 6 heteroatoms. The van der Waals surface area contributed by atoms with Crippen molar-refractivity contribution < 1.29 is 9.53 Å². The van der Waals surface area contributed by atoms with Gasteiger partial charge in [-0.05, 0) is 38.3 Å². The molecule has 1 aromatic carbocycles. The Labute approximate surface area is 135 Å². The summed E-state index contributed by atoms with van der Waals surface area (Å²) in [6, 6.07) is 4.98. The minimum Gasteiger partial charge on any atom is -0.482 e. The predicted octanol–water partition coefficient (Wildman–Crippen LogP) is 3.10. The molecule has 4 nitrogen and oxygen atoms in total. The average Bonchev–Trinajstić information content (AvgIpc) is 2.47. The Bertz CT molecular complexity index is 508. The van der Waals surface area contributed by atoms with Crippen LogP contribution in [0.25, 0.3) is 0 Å². The van der Waals surface area contributed by atoms with E-state index in [4.69, 9.17) is 33.7 Å². The summed E-state index contributed by atoms with van der Waals surface area (Å²) < 4.78 is 5.51. The second-order valence-electron chi connectivity index (χ2n) is 5.37. The number of carbonyl (C=O) groups is 1. The molecule has 0 spiro atoms. The van der Waals surface area contributed by atoms with Gasteiger partial charge in [-0.1, -0.05) is 23.2 Å². The minimum atomic E-state index is -0.0620. The zero-order valence-corrected chi connectivity index (χ0v) is 13.5. The molecule has 2 rings (SSSR count). The van der Waals surface area contributed by atoms with E-state index in [9.17, 15) is 4.79 Å². The molecule has 2 unspecified atom stereocenters. The van der Waals surface area contributed by atoms with E-state index in [-0.39, 0.29) is 24.6 Å². The lowest BCUT2D eigenvalue weighted by Crippen LogP contribution is -2.52. The third-order valence-electron chi connectivity index (χ3n) is 3.72. The molecular formula is C15H20Cl2N2O2. The summed E-state index contributed by atoms with van der Waals surface area (Å²) in [5.41, 5.74) is 5.97. The molecule has 0 bridgehead atoms. The summed E-state index contributed by atoms with van der Waals surface area (Å²) in [5, 5.41) is 0.961. The molecule has 1 saturated heterocycles. The largest absolute Gasteiger partial charge is 0.482 e. The number of halogens is 2. The van der Waals surface area contributed by atoms with Gasteiger partial charge in [0, 0.05) is 29.7 Å². The van der Waals surface area contributed by atoms with Crippen LogP contribution in [0.1, 0.15) is 26.2 Å². The summed E-state index contributed by atoms with van der Waals surface area (Å²) >= 11 is 11.9. The fourth-order valence-electron chi connectivity index (χ4n) is 2.62. The van der Waals surface area contributed by atoms with Gasteiger partial charge >= 0.3 is 0 Å². The van der Waals surface area contributed by atoms with Gasteiger partial charge in [0.25, 0.3) is 5.91 Å². The molecular weight excluding hydrogens is 311 g/mol. The smallest absolute Gasteiger partial charge is 0.260 e. The SMILES string of the molecule is CC(N)C1CCCCN1C(=O)COc1cc(Cl)ccc1Cl. The van der Waals surface area contributed by atoms with E-state index >= 15 is 0 Å². The minimum absolute atomic E-state index is 0.0380. The van der Waals surface area contributed by atoms with Crippen molar-refractivity contribution in [2.75, 3.05) is 13.2 Å². The molecule has 116 valence electrons. The van der Waals surface area contributed by atoms with Gasteiger partial charge in [-0.2, -0.15) is 0 Å². The van der Waals surface area contributed by atoms with Crippen molar-refractivity contribution in [1.29, 1.82) is 0 Å². The summed E-state index contributed by atoms with van der Waals surface area (Å²) in [6.45, 7) is 2.62. The third-order valence-corrected chi connectivity index (χ3v) is 4.27.